The van der Waals surface area contributed by atoms with E-state index in [0.29, 0.717) is 17.9 Å². The Morgan fingerprint density at radius 2 is 2.00 bits per heavy atom. The number of hydrogen-bond acceptors (Lipinski definition) is 2. The van der Waals surface area contributed by atoms with Gasteiger partial charge in [0.1, 0.15) is 0 Å². The lowest BCUT2D eigenvalue weighted by atomic mass is 9.95. The zero-order chi connectivity index (χ0) is 12.8. The van der Waals surface area contributed by atoms with Gasteiger partial charge in [0.05, 0.1) is 0 Å². The molecule has 2 atom stereocenters. The van der Waals surface area contributed by atoms with Crippen LogP contribution in [0.4, 0.5) is 0 Å². The molecular weight excluding hydrogens is 232 g/mol. The van der Waals surface area contributed by atoms with Crippen molar-refractivity contribution >= 4 is 11.6 Å². The maximum atomic E-state index is 5.98. The van der Waals surface area contributed by atoms with Crippen molar-refractivity contribution in [2.45, 2.75) is 26.8 Å². The van der Waals surface area contributed by atoms with Crippen LogP contribution >= 0.6 is 11.6 Å². The fourth-order valence-corrected chi connectivity index (χ4v) is 2.01. The summed E-state index contributed by atoms with van der Waals surface area (Å²) >= 11 is 5.98. The second-order valence-corrected chi connectivity index (χ2v) is 5.36. The SMILES string of the molecule is CC(C)C(CN)CN[C@@H](C)c1cccc(Cl)c1. The van der Waals surface area contributed by atoms with Crippen LogP contribution in [0.15, 0.2) is 24.3 Å². The molecular formula is C14H23ClN2. The summed E-state index contributed by atoms with van der Waals surface area (Å²) in [5, 5.41) is 4.31. The smallest absolute Gasteiger partial charge is 0.0409 e. The molecule has 17 heavy (non-hydrogen) atoms. The summed E-state index contributed by atoms with van der Waals surface area (Å²) in [6.45, 7) is 8.25. The molecule has 3 N–H and O–H groups in total. The molecule has 2 nitrogen and oxygen atoms in total. The lowest BCUT2D eigenvalue weighted by molar-refractivity contribution is 0.356. The zero-order valence-electron chi connectivity index (χ0n) is 10.9. The lowest BCUT2D eigenvalue weighted by Crippen LogP contribution is -2.33. The Labute approximate surface area is 110 Å². The van der Waals surface area contributed by atoms with Gasteiger partial charge >= 0.3 is 0 Å². The highest BCUT2D eigenvalue weighted by atomic mass is 35.5. The fraction of sp³-hybridized carbons (Fsp3) is 0.571. The quantitative estimate of drug-likeness (QED) is 0.818. The molecule has 0 spiro atoms. The van der Waals surface area contributed by atoms with Crippen LogP contribution in [0, 0.1) is 11.8 Å². The van der Waals surface area contributed by atoms with Gasteiger partial charge in [-0.25, -0.2) is 0 Å². The van der Waals surface area contributed by atoms with Gasteiger partial charge in [0.25, 0.3) is 0 Å². The normalized spacial score (nSPS) is 14.9. The molecule has 0 fully saturated rings. The van der Waals surface area contributed by atoms with Gasteiger partial charge < -0.3 is 11.1 Å². The van der Waals surface area contributed by atoms with E-state index in [-0.39, 0.29) is 0 Å². The average Bonchev–Trinajstić information content (AvgIpc) is 2.29. The number of nitrogens with two attached hydrogens (primary N) is 1. The van der Waals surface area contributed by atoms with E-state index in [9.17, 15) is 0 Å². The highest BCUT2D eigenvalue weighted by molar-refractivity contribution is 6.30. The molecule has 0 heterocycles. The Bertz CT molecular complexity index is 339. The Kier molecular flexibility index (Phi) is 5.96. The van der Waals surface area contributed by atoms with Crippen LogP contribution < -0.4 is 11.1 Å². The Hall–Kier alpha value is -0.570. The highest BCUT2D eigenvalue weighted by Crippen LogP contribution is 2.18. The number of rotatable bonds is 6. The van der Waals surface area contributed by atoms with Crippen LogP contribution in [0.1, 0.15) is 32.4 Å². The molecule has 0 saturated carbocycles. The first-order valence-electron chi connectivity index (χ1n) is 6.23. The number of nitrogens with one attached hydrogen (secondary N) is 1. The summed E-state index contributed by atoms with van der Waals surface area (Å²) in [6, 6.07) is 8.29. The van der Waals surface area contributed by atoms with Gasteiger partial charge in [-0.3, -0.25) is 0 Å². The molecule has 0 aliphatic rings. The number of halogens is 1. The number of hydrogen-bond donors (Lipinski definition) is 2. The largest absolute Gasteiger partial charge is 0.330 e. The molecule has 3 heteroatoms. The van der Waals surface area contributed by atoms with Gasteiger partial charge in [-0.2, -0.15) is 0 Å². The monoisotopic (exact) mass is 254 g/mol. The third-order valence-electron chi connectivity index (χ3n) is 3.28. The molecule has 1 rings (SSSR count). The van der Waals surface area contributed by atoms with Crippen LogP contribution in [-0.4, -0.2) is 13.1 Å². The Balaban J connectivity index is 2.52. The van der Waals surface area contributed by atoms with Crippen molar-refractivity contribution in [1.82, 2.24) is 5.32 Å². The molecule has 1 aromatic carbocycles. The van der Waals surface area contributed by atoms with E-state index in [1.165, 1.54) is 5.56 Å². The Morgan fingerprint density at radius 1 is 1.29 bits per heavy atom. The van der Waals surface area contributed by atoms with Gasteiger partial charge in [-0.15, -0.1) is 0 Å². The average molecular weight is 255 g/mol. The third kappa shape index (κ3) is 4.66. The van der Waals surface area contributed by atoms with Crippen molar-refractivity contribution in [2.24, 2.45) is 17.6 Å². The predicted molar refractivity (Wildman–Crippen MR) is 75.3 cm³/mol. The lowest BCUT2D eigenvalue weighted by Gasteiger charge is -2.22. The van der Waals surface area contributed by atoms with E-state index in [1.54, 1.807) is 0 Å². The van der Waals surface area contributed by atoms with Crippen LogP contribution in [0.5, 0.6) is 0 Å². The number of benzene rings is 1. The van der Waals surface area contributed by atoms with Gasteiger partial charge in [0.15, 0.2) is 0 Å². The third-order valence-corrected chi connectivity index (χ3v) is 3.52. The molecule has 0 aromatic heterocycles. The van der Waals surface area contributed by atoms with Crippen molar-refractivity contribution < 1.29 is 0 Å². The van der Waals surface area contributed by atoms with Crippen LogP contribution in [0.2, 0.25) is 5.02 Å². The topological polar surface area (TPSA) is 38.0 Å². The summed E-state index contributed by atoms with van der Waals surface area (Å²) in [7, 11) is 0. The van der Waals surface area contributed by atoms with E-state index < -0.39 is 0 Å². The highest BCUT2D eigenvalue weighted by Gasteiger charge is 2.13. The summed E-state index contributed by atoms with van der Waals surface area (Å²) in [6.07, 6.45) is 0. The second-order valence-electron chi connectivity index (χ2n) is 4.92. The van der Waals surface area contributed by atoms with Gasteiger partial charge in [-0.1, -0.05) is 37.6 Å². The minimum Gasteiger partial charge on any atom is -0.330 e. The van der Waals surface area contributed by atoms with E-state index in [2.05, 4.69) is 32.2 Å². The van der Waals surface area contributed by atoms with Crippen molar-refractivity contribution in [1.29, 1.82) is 0 Å². The standard InChI is InChI=1S/C14H23ClN2/c1-10(2)13(8-16)9-17-11(3)12-5-4-6-14(15)7-12/h4-7,10-11,13,17H,8-9,16H2,1-3H3/t11-,13?/m0/s1. The second kappa shape index (κ2) is 7.00. The molecule has 0 aliphatic heterocycles. The minimum absolute atomic E-state index is 0.307. The van der Waals surface area contributed by atoms with E-state index >= 15 is 0 Å². The van der Waals surface area contributed by atoms with Gasteiger partial charge in [-0.05, 0) is 49.5 Å². The first-order valence-corrected chi connectivity index (χ1v) is 6.61. The van der Waals surface area contributed by atoms with Crippen molar-refractivity contribution in [3.8, 4) is 0 Å². The van der Waals surface area contributed by atoms with Crippen molar-refractivity contribution in [3.05, 3.63) is 34.9 Å². The summed E-state index contributed by atoms with van der Waals surface area (Å²) < 4.78 is 0. The van der Waals surface area contributed by atoms with Crippen LogP contribution in [0.25, 0.3) is 0 Å². The summed E-state index contributed by atoms with van der Waals surface area (Å²) in [5.41, 5.74) is 6.98. The van der Waals surface area contributed by atoms with E-state index in [0.717, 1.165) is 18.1 Å². The van der Waals surface area contributed by atoms with Gasteiger partial charge in [0, 0.05) is 11.1 Å². The first kappa shape index (κ1) is 14.5. The molecule has 0 aliphatic carbocycles. The van der Waals surface area contributed by atoms with Gasteiger partial charge in [0.2, 0.25) is 0 Å². The molecule has 0 radical (unpaired) electrons. The predicted octanol–water partition coefficient (Wildman–Crippen LogP) is 3.22. The maximum absolute atomic E-state index is 5.98. The summed E-state index contributed by atoms with van der Waals surface area (Å²) in [5.74, 6) is 1.13. The molecule has 96 valence electrons. The molecule has 0 saturated heterocycles. The van der Waals surface area contributed by atoms with Crippen LogP contribution in [0.3, 0.4) is 0 Å². The maximum Gasteiger partial charge on any atom is 0.0409 e. The van der Waals surface area contributed by atoms with Crippen LogP contribution in [-0.2, 0) is 0 Å². The molecule has 0 bridgehead atoms. The molecule has 1 aromatic rings. The summed E-state index contributed by atoms with van der Waals surface area (Å²) in [4.78, 5) is 0. The fourth-order valence-electron chi connectivity index (χ4n) is 1.81. The van der Waals surface area contributed by atoms with E-state index in [4.69, 9.17) is 17.3 Å². The van der Waals surface area contributed by atoms with Crippen molar-refractivity contribution in [3.63, 3.8) is 0 Å². The van der Waals surface area contributed by atoms with E-state index in [1.807, 2.05) is 18.2 Å². The Morgan fingerprint density at radius 3 is 2.53 bits per heavy atom. The minimum atomic E-state index is 0.307. The zero-order valence-corrected chi connectivity index (χ0v) is 11.7. The molecule has 0 amide bonds. The molecule has 1 unspecified atom stereocenters. The van der Waals surface area contributed by atoms with Crippen molar-refractivity contribution in [2.75, 3.05) is 13.1 Å². The first-order chi connectivity index (χ1) is 8.04.